The Bertz CT molecular complexity index is 444. The van der Waals surface area contributed by atoms with Crippen LogP contribution in [0.25, 0.3) is 0 Å². The van der Waals surface area contributed by atoms with Gasteiger partial charge < -0.3 is 10.4 Å². The number of rotatable bonds is 3. The van der Waals surface area contributed by atoms with Crippen LogP contribution in [0.5, 0.6) is 0 Å². The first-order chi connectivity index (χ1) is 8.08. The molecule has 1 aliphatic carbocycles. The molecule has 0 amide bonds. The summed E-state index contributed by atoms with van der Waals surface area (Å²) >= 11 is 7.81. The minimum atomic E-state index is -0.754. The first-order valence-corrected chi connectivity index (χ1v) is 6.71. The van der Waals surface area contributed by atoms with Crippen molar-refractivity contribution in [2.45, 2.75) is 25.3 Å². The molecule has 1 fully saturated rings. The number of carboxylic acids is 1. The van der Waals surface area contributed by atoms with Crippen molar-refractivity contribution in [1.29, 1.82) is 0 Å². The van der Waals surface area contributed by atoms with Gasteiger partial charge in [0.2, 0.25) is 5.28 Å². The number of aromatic nitrogens is 2. The summed E-state index contributed by atoms with van der Waals surface area (Å²) in [6.07, 6.45) is 4.09. The summed E-state index contributed by atoms with van der Waals surface area (Å²) in [5, 5.41) is 12.4. The molecule has 0 aliphatic heterocycles. The lowest BCUT2D eigenvalue weighted by Crippen LogP contribution is -2.30. The highest BCUT2D eigenvalue weighted by Gasteiger charge is 2.33. The lowest BCUT2D eigenvalue weighted by atomic mass is 10.0. The molecule has 0 spiro atoms. The van der Waals surface area contributed by atoms with E-state index in [-0.39, 0.29) is 17.2 Å². The molecule has 0 saturated heterocycles. The van der Waals surface area contributed by atoms with Crippen LogP contribution >= 0.6 is 34.2 Å². The number of halogens is 2. The van der Waals surface area contributed by atoms with Crippen molar-refractivity contribution in [3.63, 3.8) is 0 Å². The predicted octanol–water partition coefficient (Wildman–Crippen LogP) is 2.40. The fourth-order valence-corrected chi connectivity index (χ4v) is 2.60. The summed E-state index contributed by atoms with van der Waals surface area (Å²) in [4.78, 5) is 19.0. The number of hydrogen-bond acceptors (Lipinski definition) is 4. The van der Waals surface area contributed by atoms with Crippen molar-refractivity contribution in [2.75, 3.05) is 5.32 Å². The number of carbonyl (C=O) groups is 1. The van der Waals surface area contributed by atoms with Crippen molar-refractivity contribution in [1.82, 2.24) is 9.97 Å². The number of nitrogens with zero attached hydrogens (tertiary/aromatic N) is 2. The topological polar surface area (TPSA) is 75.1 Å². The molecule has 1 aromatic rings. The van der Waals surface area contributed by atoms with Crippen molar-refractivity contribution < 1.29 is 9.90 Å². The number of hydrogen-bond donors (Lipinski definition) is 2. The Hall–Kier alpha value is -0.630. The van der Waals surface area contributed by atoms with Crippen LogP contribution in [-0.2, 0) is 4.79 Å². The summed E-state index contributed by atoms with van der Waals surface area (Å²) in [6.45, 7) is 0. The second-order valence-corrected chi connectivity index (χ2v) is 5.46. The summed E-state index contributed by atoms with van der Waals surface area (Å²) in [7, 11) is 0. The average Bonchev–Trinajstić information content (AvgIpc) is 2.71. The van der Waals surface area contributed by atoms with E-state index in [0.717, 1.165) is 16.4 Å². The maximum Gasteiger partial charge on any atom is 0.308 e. The maximum atomic E-state index is 11.1. The highest BCUT2D eigenvalue weighted by Crippen LogP contribution is 2.29. The van der Waals surface area contributed by atoms with Crippen LogP contribution in [0.1, 0.15) is 19.3 Å². The van der Waals surface area contributed by atoms with E-state index in [9.17, 15) is 4.79 Å². The second-order valence-electron chi connectivity index (χ2n) is 3.96. The first-order valence-electron chi connectivity index (χ1n) is 5.25. The average molecular weight is 368 g/mol. The van der Waals surface area contributed by atoms with Gasteiger partial charge in [0.05, 0.1) is 9.49 Å². The van der Waals surface area contributed by atoms with E-state index in [1.807, 2.05) is 0 Å². The van der Waals surface area contributed by atoms with Crippen molar-refractivity contribution in [3.8, 4) is 0 Å². The van der Waals surface area contributed by atoms with Crippen LogP contribution in [0.4, 0.5) is 5.82 Å². The Morgan fingerprint density at radius 2 is 2.35 bits per heavy atom. The Balaban J connectivity index is 2.15. The molecular formula is C10H11ClIN3O2. The van der Waals surface area contributed by atoms with Gasteiger partial charge in [-0.25, -0.2) is 4.98 Å². The zero-order chi connectivity index (χ0) is 12.4. The fourth-order valence-electron chi connectivity index (χ4n) is 2.05. The molecule has 2 N–H and O–H groups in total. The maximum absolute atomic E-state index is 11.1. The monoisotopic (exact) mass is 367 g/mol. The Kier molecular flexibility index (Phi) is 4.03. The Labute approximate surface area is 117 Å². The van der Waals surface area contributed by atoms with E-state index in [1.54, 1.807) is 6.20 Å². The van der Waals surface area contributed by atoms with E-state index in [2.05, 4.69) is 37.9 Å². The van der Waals surface area contributed by atoms with Crippen LogP contribution in [0, 0.1) is 9.49 Å². The third kappa shape index (κ3) is 2.98. The molecule has 1 aliphatic rings. The summed E-state index contributed by atoms with van der Waals surface area (Å²) < 4.78 is 0.836. The zero-order valence-corrected chi connectivity index (χ0v) is 11.8. The standard InChI is InChI=1S/C10H11ClIN3O2/c11-10-13-4-6(12)8(15-10)14-7-3-1-2-5(7)9(16)17/h4-5,7H,1-3H2,(H,16,17)(H,13,14,15). The van der Waals surface area contributed by atoms with E-state index < -0.39 is 5.97 Å². The summed E-state index contributed by atoms with van der Waals surface area (Å²) in [5.41, 5.74) is 0. The zero-order valence-electron chi connectivity index (χ0n) is 8.86. The van der Waals surface area contributed by atoms with Gasteiger partial charge in [0.1, 0.15) is 5.82 Å². The highest BCUT2D eigenvalue weighted by atomic mass is 127. The van der Waals surface area contributed by atoms with E-state index in [1.165, 1.54) is 0 Å². The molecule has 0 radical (unpaired) electrons. The molecular weight excluding hydrogens is 356 g/mol. The predicted molar refractivity (Wildman–Crippen MR) is 72.1 cm³/mol. The van der Waals surface area contributed by atoms with Crippen LogP contribution in [0.15, 0.2) is 6.20 Å². The molecule has 7 heteroatoms. The minimum Gasteiger partial charge on any atom is -0.481 e. The Morgan fingerprint density at radius 3 is 3.06 bits per heavy atom. The number of aliphatic carboxylic acids is 1. The molecule has 1 heterocycles. The van der Waals surface area contributed by atoms with E-state index in [4.69, 9.17) is 16.7 Å². The highest BCUT2D eigenvalue weighted by molar-refractivity contribution is 14.1. The summed E-state index contributed by atoms with van der Waals surface area (Å²) in [6, 6.07) is -0.0769. The van der Waals surface area contributed by atoms with Crippen LogP contribution in [0.2, 0.25) is 5.28 Å². The number of anilines is 1. The molecule has 92 valence electrons. The van der Waals surface area contributed by atoms with Gasteiger partial charge in [-0.05, 0) is 47.0 Å². The molecule has 17 heavy (non-hydrogen) atoms. The lowest BCUT2D eigenvalue weighted by molar-refractivity contribution is -0.141. The third-order valence-electron chi connectivity index (χ3n) is 2.87. The molecule has 1 saturated carbocycles. The van der Waals surface area contributed by atoms with Gasteiger partial charge in [0.15, 0.2) is 0 Å². The summed E-state index contributed by atoms with van der Waals surface area (Å²) in [5.74, 6) is -0.488. The van der Waals surface area contributed by atoms with Crippen LogP contribution in [0.3, 0.4) is 0 Å². The molecule has 2 unspecified atom stereocenters. The SMILES string of the molecule is O=C(O)C1CCCC1Nc1nc(Cl)ncc1I. The molecule has 5 nitrogen and oxygen atoms in total. The van der Waals surface area contributed by atoms with Gasteiger partial charge in [-0.1, -0.05) is 6.42 Å². The van der Waals surface area contributed by atoms with Crippen molar-refractivity contribution in [2.24, 2.45) is 5.92 Å². The first kappa shape index (κ1) is 12.8. The number of carboxylic acid groups (broad SMARTS) is 1. The number of nitrogens with one attached hydrogen (secondary N) is 1. The van der Waals surface area contributed by atoms with Crippen LogP contribution < -0.4 is 5.32 Å². The van der Waals surface area contributed by atoms with E-state index in [0.29, 0.717) is 12.2 Å². The molecule has 2 atom stereocenters. The molecule has 2 rings (SSSR count). The van der Waals surface area contributed by atoms with Crippen LogP contribution in [-0.4, -0.2) is 27.1 Å². The fraction of sp³-hybridized carbons (Fsp3) is 0.500. The van der Waals surface area contributed by atoms with E-state index >= 15 is 0 Å². The second kappa shape index (κ2) is 5.34. The van der Waals surface area contributed by atoms with Gasteiger partial charge >= 0.3 is 5.97 Å². The van der Waals surface area contributed by atoms with Gasteiger partial charge in [-0.15, -0.1) is 0 Å². The lowest BCUT2D eigenvalue weighted by Gasteiger charge is -2.18. The third-order valence-corrected chi connectivity index (χ3v) is 3.84. The largest absolute Gasteiger partial charge is 0.481 e. The molecule has 0 aromatic carbocycles. The Morgan fingerprint density at radius 1 is 1.59 bits per heavy atom. The normalized spacial score (nSPS) is 23.6. The quantitative estimate of drug-likeness (QED) is 0.634. The van der Waals surface area contributed by atoms with Crippen molar-refractivity contribution in [3.05, 3.63) is 15.1 Å². The van der Waals surface area contributed by atoms with Gasteiger partial charge in [0.25, 0.3) is 0 Å². The molecule has 1 aromatic heterocycles. The smallest absolute Gasteiger partial charge is 0.308 e. The van der Waals surface area contributed by atoms with Gasteiger partial charge in [-0.2, -0.15) is 4.98 Å². The molecule has 0 bridgehead atoms. The van der Waals surface area contributed by atoms with Gasteiger partial charge in [0, 0.05) is 12.2 Å². The minimum absolute atomic E-state index is 0.0769. The van der Waals surface area contributed by atoms with Gasteiger partial charge in [-0.3, -0.25) is 4.79 Å². The van der Waals surface area contributed by atoms with Crippen molar-refractivity contribution >= 4 is 46.0 Å².